The fourth-order valence-corrected chi connectivity index (χ4v) is 2.26. The Hall–Kier alpha value is -1.43. The number of hydrogen-bond donors (Lipinski definition) is 1. The third kappa shape index (κ3) is 3.32. The maximum Gasteiger partial charge on any atom is 0.487 e. The number of Topliss-reactive ketones (excluding diaryl/α,β-unsaturated/α-hetero) is 1. The van der Waals surface area contributed by atoms with Crippen LogP contribution in [0.5, 0.6) is 0 Å². The van der Waals surface area contributed by atoms with Crippen LogP contribution in [0.2, 0.25) is 0 Å². The van der Waals surface area contributed by atoms with Crippen molar-refractivity contribution in [3.05, 3.63) is 40.9 Å². The van der Waals surface area contributed by atoms with Gasteiger partial charge in [-0.3, -0.25) is 4.79 Å². The van der Waals surface area contributed by atoms with Crippen molar-refractivity contribution in [2.75, 3.05) is 0 Å². The van der Waals surface area contributed by atoms with Gasteiger partial charge in [0.2, 0.25) is 0 Å². The molecule has 0 saturated carbocycles. The van der Waals surface area contributed by atoms with Crippen LogP contribution in [0.4, 0.5) is 0 Å². The van der Waals surface area contributed by atoms with Crippen LogP contribution in [0.25, 0.3) is 6.08 Å². The van der Waals surface area contributed by atoms with E-state index in [0.717, 1.165) is 11.1 Å². The molecular formula is C17H23BO4. The second kappa shape index (κ2) is 5.99. The molecule has 1 aromatic rings. The van der Waals surface area contributed by atoms with Gasteiger partial charge in [0.1, 0.15) is 0 Å². The predicted molar refractivity (Wildman–Crippen MR) is 87.5 cm³/mol. The normalized spacial score (nSPS) is 19.8. The topological polar surface area (TPSA) is 55.8 Å². The molecule has 5 heteroatoms. The molecule has 0 atom stereocenters. The summed E-state index contributed by atoms with van der Waals surface area (Å²) in [6.07, 6.45) is 1.83. The molecule has 0 amide bonds. The summed E-state index contributed by atoms with van der Waals surface area (Å²) in [4.78, 5) is 11.5. The molecule has 0 aliphatic carbocycles. The summed E-state index contributed by atoms with van der Waals surface area (Å²) in [5, 5.41) is 9.42. The van der Waals surface area contributed by atoms with Crippen LogP contribution in [-0.4, -0.2) is 29.2 Å². The van der Waals surface area contributed by atoms with E-state index >= 15 is 0 Å². The monoisotopic (exact) mass is 302 g/mol. The molecule has 1 heterocycles. The van der Waals surface area contributed by atoms with Crippen molar-refractivity contribution < 1.29 is 19.2 Å². The van der Waals surface area contributed by atoms with Crippen molar-refractivity contribution in [2.45, 2.75) is 52.4 Å². The fourth-order valence-electron chi connectivity index (χ4n) is 2.26. The Labute approximate surface area is 132 Å². The lowest BCUT2D eigenvalue weighted by atomic mass is 9.88. The standard InChI is InChI=1S/C17H23BO4/c1-12(20)13-6-7-15(11-19)14(10-13)8-9-18-21-16(2,3)17(4,5)22-18/h6-10,19H,11H2,1-5H3. The first kappa shape index (κ1) is 16.9. The highest BCUT2D eigenvalue weighted by molar-refractivity contribution is 6.52. The predicted octanol–water partition coefficient (Wildman–Crippen LogP) is 3.03. The van der Waals surface area contributed by atoms with Crippen LogP contribution in [0.15, 0.2) is 24.2 Å². The lowest BCUT2D eigenvalue weighted by molar-refractivity contribution is 0.00578. The van der Waals surface area contributed by atoms with E-state index in [1.54, 1.807) is 18.2 Å². The van der Waals surface area contributed by atoms with Gasteiger partial charge in [-0.25, -0.2) is 0 Å². The molecule has 1 saturated heterocycles. The first-order valence-electron chi connectivity index (χ1n) is 7.45. The molecule has 4 nitrogen and oxygen atoms in total. The zero-order valence-electron chi connectivity index (χ0n) is 13.8. The summed E-state index contributed by atoms with van der Waals surface area (Å²) in [5.74, 6) is 1.81. The minimum absolute atomic E-state index is 0.00484. The molecule has 0 unspecified atom stereocenters. The van der Waals surface area contributed by atoms with E-state index < -0.39 is 7.12 Å². The molecule has 1 fully saturated rings. The largest absolute Gasteiger partial charge is 0.487 e. The van der Waals surface area contributed by atoms with E-state index in [1.807, 2.05) is 39.7 Å². The van der Waals surface area contributed by atoms with Crippen LogP contribution < -0.4 is 0 Å². The van der Waals surface area contributed by atoms with Crippen LogP contribution in [-0.2, 0) is 15.9 Å². The van der Waals surface area contributed by atoms with E-state index in [0.29, 0.717) is 5.56 Å². The van der Waals surface area contributed by atoms with Crippen molar-refractivity contribution >= 4 is 19.0 Å². The Balaban J connectivity index is 2.24. The molecule has 1 aliphatic rings. The number of ketones is 1. The Morgan fingerprint density at radius 3 is 2.32 bits per heavy atom. The van der Waals surface area contributed by atoms with Gasteiger partial charge in [0, 0.05) is 5.56 Å². The van der Waals surface area contributed by atoms with E-state index in [4.69, 9.17) is 9.31 Å². The highest BCUT2D eigenvalue weighted by Crippen LogP contribution is 2.37. The lowest BCUT2D eigenvalue weighted by Crippen LogP contribution is -2.41. The summed E-state index contributed by atoms with van der Waals surface area (Å²) in [6, 6.07) is 5.26. The highest BCUT2D eigenvalue weighted by Gasteiger charge is 2.49. The minimum atomic E-state index is -0.447. The number of aliphatic hydroxyl groups is 1. The molecule has 0 bridgehead atoms. The average molecular weight is 302 g/mol. The molecule has 0 radical (unpaired) electrons. The van der Waals surface area contributed by atoms with Gasteiger partial charge in [0.25, 0.3) is 0 Å². The summed E-state index contributed by atoms with van der Waals surface area (Å²) in [7, 11) is -0.447. The van der Waals surface area contributed by atoms with E-state index in [1.165, 1.54) is 6.92 Å². The zero-order valence-corrected chi connectivity index (χ0v) is 13.8. The Morgan fingerprint density at radius 1 is 1.23 bits per heavy atom. The maximum absolute atomic E-state index is 11.5. The Kier molecular flexibility index (Phi) is 4.61. The van der Waals surface area contributed by atoms with Gasteiger partial charge < -0.3 is 14.4 Å². The highest BCUT2D eigenvalue weighted by atomic mass is 16.7. The van der Waals surface area contributed by atoms with Crippen molar-refractivity contribution in [1.82, 2.24) is 0 Å². The first-order chi connectivity index (χ1) is 10.2. The lowest BCUT2D eigenvalue weighted by Gasteiger charge is -2.32. The van der Waals surface area contributed by atoms with Gasteiger partial charge in [-0.1, -0.05) is 24.2 Å². The Bertz CT molecular complexity index is 589. The summed E-state index contributed by atoms with van der Waals surface area (Å²) < 4.78 is 11.8. The van der Waals surface area contributed by atoms with Crippen LogP contribution in [0, 0.1) is 0 Å². The number of rotatable bonds is 4. The molecular weight excluding hydrogens is 279 g/mol. The Morgan fingerprint density at radius 2 is 1.82 bits per heavy atom. The maximum atomic E-state index is 11.5. The molecule has 0 aromatic heterocycles. The second-order valence-electron chi connectivity index (χ2n) is 6.61. The van der Waals surface area contributed by atoms with Gasteiger partial charge in [-0.2, -0.15) is 0 Å². The third-order valence-electron chi connectivity index (χ3n) is 4.43. The number of aliphatic hydroxyl groups excluding tert-OH is 1. The van der Waals surface area contributed by atoms with Gasteiger partial charge in [-0.05, 0) is 51.8 Å². The molecule has 1 aromatic carbocycles. The van der Waals surface area contributed by atoms with Crippen molar-refractivity contribution in [3.63, 3.8) is 0 Å². The van der Waals surface area contributed by atoms with Gasteiger partial charge >= 0.3 is 7.12 Å². The van der Waals surface area contributed by atoms with Gasteiger partial charge in [-0.15, -0.1) is 0 Å². The quantitative estimate of drug-likeness (QED) is 0.686. The molecule has 118 valence electrons. The smallest absolute Gasteiger partial charge is 0.400 e. The molecule has 22 heavy (non-hydrogen) atoms. The van der Waals surface area contributed by atoms with Crippen LogP contribution >= 0.6 is 0 Å². The van der Waals surface area contributed by atoms with Crippen LogP contribution in [0.3, 0.4) is 0 Å². The zero-order chi connectivity index (χ0) is 16.5. The SMILES string of the molecule is CC(=O)c1ccc(CO)c(C=CB2OC(C)(C)C(C)(C)O2)c1. The van der Waals surface area contributed by atoms with Gasteiger partial charge in [0.15, 0.2) is 5.78 Å². The summed E-state index contributed by atoms with van der Waals surface area (Å²) in [6.45, 7) is 9.43. The number of hydrogen-bond acceptors (Lipinski definition) is 4. The minimum Gasteiger partial charge on any atom is -0.400 e. The van der Waals surface area contributed by atoms with Crippen LogP contribution in [0.1, 0.15) is 56.1 Å². The third-order valence-corrected chi connectivity index (χ3v) is 4.43. The second-order valence-corrected chi connectivity index (χ2v) is 6.61. The number of benzene rings is 1. The summed E-state index contributed by atoms with van der Waals surface area (Å²) in [5.41, 5.74) is 1.40. The van der Waals surface area contributed by atoms with E-state index in [2.05, 4.69) is 0 Å². The molecule has 0 spiro atoms. The molecule has 1 aliphatic heterocycles. The van der Waals surface area contributed by atoms with Crippen molar-refractivity contribution in [1.29, 1.82) is 0 Å². The van der Waals surface area contributed by atoms with Gasteiger partial charge in [0.05, 0.1) is 17.8 Å². The fraction of sp³-hybridized carbons (Fsp3) is 0.471. The average Bonchev–Trinajstić information content (AvgIpc) is 2.64. The van der Waals surface area contributed by atoms with Crippen molar-refractivity contribution in [2.24, 2.45) is 0 Å². The summed E-state index contributed by atoms with van der Waals surface area (Å²) >= 11 is 0. The molecule has 1 N–H and O–H groups in total. The number of carbonyl (C=O) groups is 1. The van der Waals surface area contributed by atoms with E-state index in [9.17, 15) is 9.90 Å². The van der Waals surface area contributed by atoms with E-state index in [-0.39, 0.29) is 23.6 Å². The molecule has 2 rings (SSSR count). The number of carbonyl (C=O) groups excluding carboxylic acids is 1. The van der Waals surface area contributed by atoms with Crippen molar-refractivity contribution in [3.8, 4) is 0 Å². The first-order valence-corrected chi connectivity index (χ1v) is 7.45.